The van der Waals surface area contributed by atoms with Gasteiger partial charge in [-0.25, -0.2) is 4.39 Å². The monoisotopic (exact) mass is 220 g/mol. The molecule has 0 saturated carbocycles. The summed E-state index contributed by atoms with van der Waals surface area (Å²) in [7, 11) is 0. The number of rotatable bonds is 2. The molecule has 0 aromatic heterocycles. The van der Waals surface area contributed by atoms with Gasteiger partial charge in [0.2, 0.25) is 0 Å². The molecule has 0 amide bonds. The van der Waals surface area contributed by atoms with Crippen LogP contribution in [0.1, 0.15) is 12.8 Å². The van der Waals surface area contributed by atoms with Crippen molar-refractivity contribution in [1.82, 2.24) is 0 Å². The molecule has 0 spiro atoms. The second kappa shape index (κ2) is 4.50. The molecule has 2 rings (SSSR count). The Bertz CT molecular complexity index is 408. The van der Waals surface area contributed by atoms with Gasteiger partial charge >= 0.3 is 0 Å². The maximum atomic E-state index is 13.0. The number of hydrogen-bond acceptors (Lipinski definition) is 3. The summed E-state index contributed by atoms with van der Waals surface area (Å²) in [6.07, 6.45) is 1.57. The molecule has 1 aliphatic heterocycles. The highest BCUT2D eigenvalue weighted by Gasteiger charge is 2.32. The number of anilines is 1. The molecule has 1 fully saturated rings. The minimum atomic E-state index is -0.716. The third-order valence-electron chi connectivity index (χ3n) is 2.66. The lowest BCUT2D eigenvalue weighted by Gasteiger charge is -2.32. The molecule has 1 aromatic carbocycles. The molecule has 1 unspecified atom stereocenters. The fourth-order valence-electron chi connectivity index (χ4n) is 1.85. The van der Waals surface area contributed by atoms with Gasteiger partial charge in [-0.3, -0.25) is 0 Å². The molecule has 3 nitrogen and oxygen atoms in total. The summed E-state index contributed by atoms with van der Waals surface area (Å²) in [6.45, 7) is 1.04. The number of halogens is 1. The van der Waals surface area contributed by atoms with Crippen LogP contribution in [0.4, 0.5) is 10.1 Å². The predicted molar refractivity (Wildman–Crippen MR) is 58.4 cm³/mol. The third-order valence-corrected chi connectivity index (χ3v) is 2.66. The van der Waals surface area contributed by atoms with Gasteiger partial charge in [-0.05, 0) is 31.0 Å². The van der Waals surface area contributed by atoms with Gasteiger partial charge < -0.3 is 10.1 Å². The van der Waals surface area contributed by atoms with E-state index in [1.807, 2.05) is 0 Å². The van der Waals surface area contributed by atoms with Crippen LogP contribution < -0.4 is 5.32 Å². The van der Waals surface area contributed by atoms with Crippen LogP contribution >= 0.6 is 0 Å². The van der Waals surface area contributed by atoms with Crippen LogP contribution in [0.5, 0.6) is 0 Å². The topological polar surface area (TPSA) is 45.0 Å². The molecule has 0 bridgehead atoms. The summed E-state index contributed by atoms with van der Waals surface area (Å²) >= 11 is 0. The Hall–Kier alpha value is -1.60. The molecular weight excluding hydrogens is 207 g/mol. The van der Waals surface area contributed by atoms with Gasteiger partial charge in [-0.1, -0.05) is 6.07 Å². The number of nitrogens with zero attached hydrogens (tertiary/aromatic N) is 1. The zero-order valence-corrected chi connectivity index (χ0v) is 8.87. The van der Waals surface area contributed by atoms with E-state index in [0.29, 0.717) is 18.9 Å². The van der Waals surface area contributed by atoms with Crippen LogP contribution in [0.2, 0.25) is 0 Å². The molecule has 1 heterocycles. The summed E-state index contributed by atoms with van der Waals surface area (Å²) < 4.78 is 18.3. The van der Waals surface area contributed by atoms with E-state index < -0.39 is 5.54 Å². The molecule has 16 heavy (non-hydrogen) atoms. The van der Waals surface area contributed by atoms with E-state index >= 15 is 0 Å². The number of nitriles is 1. The van der Waals surface area contributed by atoms with Crippen LogP contribution in [0.3, 0.4) is 0 Å². The number of nitrogens with one attached hydrogen (secondary N) is 1. The van der Waals surface area contributed by atoms with E-state index in [4.69, 9.17) is 4.74 Å². The lowest BCUT2D eigenvalue weighted by Crippen LogP contribution is -2.44. The van der Waals surface area contributed by atoms with Crippen molar-refractivity contribution >= 4 is 5.69 Å². The number of hydrogen-bond donors (Lipinski definition) is 1. The van der Waals surface area contributed by atoms with Gasteiger partial charge in [0, 0.05) is 12.3 Å². The van der Waals surface area contributed by atoms with E-state index in [1.54, 1.807) is 12.1 Å². The highest BCUT2D eigenvalue weighted by Crippen LogP contribution is 2.24. The maximum Gasteiger partial charge on any atom is 0.149 e. The van der Waals surface area contributed by atoms with Crippen LogP contribution in [0.15, 0.2) is 24.3 Å². The fraction of sp³-hybridized carbons (Fsp3) is 0.417. The molecule has 4 heteroatoms. The average molecular weight is 220 g/mol. The van der Waals surface area contributed by atoms with E-state index in [1.165, 1.54) is 12.1 Å². The highest BCUT2D eigenvalue weighted by atomic mass is 19.1. The lowest BCUT2D eigenvalue weighted by atomic mass is 9.94. The molecule has 0 radical (unpaired) electrons. The molecule has 1 aromatic rings. The van der Waals surface area contributed by atoms with E-state index in [9.17, 15) is 9.65 Å². The molecule has 0 aliphatic carbocycles. The Morgan fingerprint density at radius 3 is 3.00 bits per heavy atom. The van der Waals surface area contributed by atoms with Crippen molar-refractivity contribution in [3.05, 3.63) is 30.1 Å². The molecule has 1 N–H and O–H groups in total. The van der Waals surface area contributed by atoms with Crippen molar-refractivity contribution in [1.29, 1.82) is 5.26 Å². The molecule has 1 atom stereocenters. The van der Waals surface area contributed by atoms with Gasteiger partial charge in [-0.15, -0.1) is 0 Å². The Balaban J connectivity index is 2.15. The first kappa shape index (κ1) is 10.9. The number of ether oxygens (including phenoxy) is 1. The minimum absolute atomic E-state index is 0.310. The first-order valence-electron chi connectivity index (χ1n) is 5.27. The van der Waals surface area contributed by atoms with E-state index in [0.717, 1.165) is 12.8 Å². The summed E-state index contributed by atoms with van der Waals surface area (Å²) in [5.74, 6) is -0.310. The molecule has 1 aliphatic rings. The Kier molecular flexibility index (Phi) is 3.07. The largest absolute Gasteiger partial charge is 0.378 e. The van der Waals surface area contributed by atoms with Crippen molar-refractivity contribution < 1.29 is 9.13 Å². The van der Waals surface area contributed by atoms with Crippen molar-refractivity contribution in [3.8, 4) is 6.07 Å². The molecule has 1 saturated heterocycles. The lowest BCUT2D eigenvalue weighted by molar-refractivity contribution is 0.0666. The van der Waals surface area contributed by atoms with Gasteiger partial charge in [0.15, 0.2) is 0 Å². The average Bonchev–Trinajstić information content (AvgIpc) is 2.30. The number of benzene rings is 1. The SMILES string of the molecule is N#CC1(Nc2cccc(F)c2)CCCOC1. The van der Waals surface area contributed by atoms with Crippen LogP contribution in [-0.2, 0) is 4.74 Å². The van der Waals surface area contributed by atoms with Crippen LogP contribution in [0.25, 0.3) is 0 Å². The van der Waals surface area contributed by atoms with Gasteiger partial charge in [0.1, 0.15) is 11.4 Å². The van der Waals surface area contributed by atoms with Crippen molar-refractivity contribution in [3.63, 3.8) is 0 Å². The highest BCUT2D eigenvalue weighted by molar-refractivity contribution is 5.48. The van der Waals surface area contributed by atoms with Crippen LogP contribution in [0, 0.1) is 17.1 Å². The fourth-order valence-corrected chi connectivity index (χ4v) is 1.85. The summed E-state index contributed by atoms with van der Waals surface area (Å²) in [4.78, 5) is 0. The zero-order valence-electron chi connectivity index (χ0n) is 8.87. The van der Waals surface area contributed by atoms with E-state index in [-0.39, 0.29) is 5.82 Å². The van der Waals surface area contributed by atoms with Crippen molar-refractivity contribution in [2.75, 3.05) is 18.5 Å². The Morgan fingerprint density at radius 2 is 2.38 bits per heavy atom. The van der Waals surface area contributed by atoms with Gasteiger partial charge in [-0.2, -0.15) is 5.26 Å². The smallest absolute Gasteiger partial charge is 0.149 e. The standard InChI is InChI=1S/C12H13FN2O/c13-10-3-1-4-11(7-10)15-12(8-14)5-2-6-16-9-12/h1,3-4,7,15H,2,5-6,9H2. The normalized spacial score (nSPS) is 24.8. The second-order valence-corrected chi connectivity index (χ2v) is 3.99. The maximum absolute atomic E-state index is 13.0. The van der Waals surface area contributed by atoms with Crippen molar-refractivity contribution in [2.45, 2.75) is 18.4 Å². The second-order valence-electron chi connectivity index (χ2n) is 3.99. The van der Waals surface area contributed by atoms with Crippen molar-refractivity contribution in [2.24, 2.45) is 0 Å². The summed E-state index contributed by atoms with van der Waals surface area (Å²) in [5.41, 5.74) is -0.0986. The van der Waals surface area contributed by atoms with Gasteiger partial charge in [0.05, 0.1) is 12.7 Å². The van der Waals surface area contributed by atoms with Gasteiger partial charge in [0.25, 0.3) is 0 Å². The molecule has 84 valence electrons. The quantitative estimate of drug-likeness (QED) is 0.831. The first-order valence-corrected chi connectivity index (χ1v) is 5.27. The predicted octanol–water partition coefficient (Wildman–Crippen LogP) is 2.31. The first-order chi connectivity index (χ1) is 7.74. The molecular formula is C12H13FN2O. The van der Waals surface area contributed by atoms with Crippen LogP contribution in [-0.4, -0.2) is 18.8 Å². The third kappa shape index (κ3) is 2.31. The summed E-state index contributed by atoms with van der Waals surface area (Å²) in [5, 5.41) is 12.2. The Labute approximate surface area is 93.8 Å². The van der Waals surface area contributed by atoms with E-state index in [2.05, 4.69) is 11.4 Å². The minimum Gasteiger partial charge on any atom is -0.378 e. The Morgan fingerprint density at radius 1 is 1.50 bits per heavy atom. The zero-order chi connectivity index (χ0) is 11.4. The summed E-state index contributed by atoms with van der Waals surface area (Å²) in [6, 6.07) is 8.35.